The van der Waals surface area contributed by atoms with E-state index >= 15 is 0 Å². The van der Waals surface area contributed by atoms with Crippen molar-refractivity contribution in [3.05, 3.63) is 0 Å². The highest BCUT2D eigenvalue weighted by atomic mass is 16.3. The van der Waals surface area contributed by atoms with E-state index in [1.807, 2.05) is 0 Å². The van der Waals surface area contributed by atoms with Crippen LogP contribution in [0.1, 0.15) is 79.1 Å². The summed E-state index contributed by atoms with van der Waals surface area (Å²) in [5.74, 6) is 1.66. The molecule has 0 heterocycles. The van der Waals surface area contributed by atoms with Gasteiger partial charge in [-0.05, 0) is 66.6 Å². The second-order valence-corrected chi connectivity index (χ2v) is 8.51. The number of aliphatic hydroxyl groups is 1. The van der Waals surface area contributed by atoms with Crippen molar-refractivity contribution in [1.29, 1.82) is 0 Å². The Balaban J connectivity index is 1.98. The van der Waals surface area contributed by atoms with Gasteiger partial charge in [-0.25, -0.2) is 0 Å². The van der Waals surface area contributed by atoms with Crippen molar-refractivity contribution in [2.24, 2.45) is 28.1 Å². The van der Waals surface area contributed by atoms with Crippen molar-refractivity contribution in [3.63, 3.8) is 0 Å². The van der Waals surface area contributed by atoms with Gasteiger partial charge in [-0.3, -0.25) is 0 Å². The summed E-state index contributed by atoms with van der Waals surface area (Å²) in [7, 11) is 0. The molecule has 0 aromatic carbocycles. The predicted molar refractivity (Wildman–Crippen MR) is 79.9 cm³/mol. The molecular formula is C18H32O. The van der Waals surface area contributed by atoms with Crippen molar-refractivity contribution in [3.8, 4) is 0 Å². The largest absolute Gasteiger partial charge is 0.393 e. The minimum absolute atomic E-state index is 0.0387. The van der Waals surface area contributed by atoms with Crippen molar-refractivity contribution >= 4 is 0 Å². The van der Waals surface area contributed by atoms with Gasteiger partial charge < -0.3 is 5.11 Å². The second kappa shape index (κ2) is 4.23. The average molecular weight is 264 g/mol. The number of fused-ring (bicyclic) bond motifs is 2. The summed E-state index contributed by atoms with van der Waals surface area (Å²) in [6, 6.07) is 0. The third-order valence-electron chi connectivity index (χ3n) is 8.18. The first-order valence-electron chi connectivity index (χ1n) is 8.56. The molecule has 2 bridgehead atoms. The lowest BCUT2D eigenvalue weighted by Gasteiger charge is -2.53. The number of hydrogen-bond acceptors (Lipinski definition) is 1. The summed E-state index contributed by atoms with van der Waals surface area (Å²) in [5, 5.41) is 10.8. The zero-order valence-electron chi connectivity index (χ0n) is 13.3. The molecule has 1 heteroatoms. The summed E-state index contributed by atoms with van der Waals surface area (Å²) in [6.07, 6.45) is 10.2. The van der Waals surface area contributed by atoms with E-state index in [0.29, 0.717) is 10.8 Å². The minimum Gasteiger partial charge on any atom is -0.393 e. The molecule has 0 aromatic rings. The van der Waals surface area contributed by atoms with Gasteiger partial charge in [-0.15, -0.1) is 0 Å². The monoisotopic (exact) mass is 264 g/mol. The predicted octanol–water partition coefficient (Wildman–Crippen LogP) is 4.78. The Labute approximate surface area is 119 Å². The Hall–Kier alpha value is -0.0400. The number of hydrogen-bond donors (Lipinski definition) is 1. The highest BCUT2D eigenvalue weighted by Crippen LogP contribution is 2.73. The lowest BCUT2D eigenvalue weighted by atomic mass is 9.52. The van der Waals surface area contributed by atoms with Crippen LogP contribution in [0.15, 0.2) is 0 Å². The van der Waals surface area contributed by atoms with Crippen LogP contribution in [0.2, 0.25) is 0 Å². The van der Waals surface area contributed by atoms with Crippen LogP contribution in [0.3, 0.4) is 0 Å². The standard InChI is InChI=1S/C18H32O/c1-5-18(10-7-6-8-15(18)19)14-12-13-9-11-17(14,4)16(13,2)3/h13-15,19H,5-12H2,1-4H3/t13-,14-,15?,17+,18?/m1/s1. The topological polar surface area (TPSA) is 20.2 Å². The first-order chi connectivity index (χ1) is 8.88. The molecule has 3 rings (SSSR count). The third-order valence-corrected chi connectivity index (χ3v) is 8.18. The van der Waals surface area contributed by atoms with Crippen LogP contribution >= 0.6 is 0 Å². The maximum Gasteiger partial charge on any atom is 0.0599 e. The van der Waals surface area contributed by atoms with Crippen LogP contribution < -0.4 is 0 Å². The smallest absolute Gasteiger partial charge is 0.0599 e. The second-order valence-electron chi connectivity index (χ2n) is 8.51. The molecule has 0 aromatic heterocycles. The lowest BCUT2D eigenvalue weighted by molar-refractivity contribution is -0.102. The van der Waals surface area contributed by atoms with E-state index in [2.05, 4.69) is 27.7 Å². The van der Waals surface area contributed by atoms with Crippen molar-refractivity contribution in [2.75, 3.05) is 0 Å². The average Bonchev–Trinajstić information content (AvgIpc) is 2.72. The van der Waals surface area contributed by atoms with E-state index in [-0.39, 0.29) is 11.5 Å². The zero-order valence-corrected chi connectivity index (χ0v) is 13.3. The van der Waals surface area contributed by atoms with Gasteiger partial charge in [0.2, 0.25) is 0 Å². The maximum absolute atomic E-state index is 10.8. The molecule has 3 saturated carbocycles. The fourth-order valence-corrected chi connectivity index (χ4v) is 6.38. The first kappa shape index (κ1) is 13.9. The van der Waals surface area contributed by atoms with Crippen LogP contribution in [0.4, 0.5) is 0 Å². The molecule has 2 unspecified atom stereocenters. The third kappa shape index (κ3) is 1.57. The van der Waals surface area contributed by atoms with Gasteiger partial charge in [0.05, 0.1) is 6.10 Å². The van der Waals surface area contributed by atoms with Crippen molar-refractivity contribution in [1.82, 2.24) is 0 Å². The van der Waals surface area contributed by atoms with E-state index in [1.165, 1.54) is 44.9 Å². The van der Waals surface area contributed by atoms with Crippen molar-refractivity contribution in [2.45, 2.75) is 85.2 Å². The van der Waals surface area contributed by atoms with E-state index in [4.69, 9.17) is 0 Å². The lowest BCUT2D eigenvalue weighted by Crippen LogP contribution is -2.50. The summed E-state index contributed by atoms with van der Waals surface area (Å²) in [5.41, 5.74) is 1.18. The summed E-state index contributed by atoms with van der Waals surface area (Å²) < 4.78 is 0. The van der Waals surface area contributed by atoms with Crippen LogP contribution in [0.25, 0.3) is 0 Å². The molecular weight excluding hydrogens is 232 g/mol. The van der Waals surface area contributed by atoms with Crippen LogP contribution in [0.5, 0.6) is 0 Å². The Morgan fingerprint density at radius 2 is 1.79 bits per heavy atom. The molecule has 1 N–H and O–H groups in total. The van der Waals surface area contributed by atoms with Gasteiger partial charge in [0.25, 0.3) is 0 Å². The van der Waals surface area contributed by atoms with E-state index in [9.17, 15) is 5.11 Å². The number of rotatable bonds is 2. The Kier molecular flexibility index (Phi) is 3.10. The molecule has 0 amide bonds. The fraction of sp³-hybridized carbons (Fsp3) is 1.00. The molecule has 0 saturated heterocycles. The zero-order chi connectivity index (χ0) is 13.9. The Morgan fingerprint density at radius 1 is 1.05 bits per heavy atom. The van der Waals surface area contributed by atoms with Gasteiger partial charge in [-0.2, -0.15) is 0 Å². The normalized spacial score (nSPS) is 52.6. The van der Waals surface area contributed by atoms with Crippen LogP contribution in [-0.4, -0.2) is 11.2 Å². The molecule has 0 radical (unpaired) electrons. The van der Waals surface area contributed by atoms with Crippen LogP contribution in [0, 0.1) is 28.1 Å². The molecule has 0 aliphatic heterocycles. The molecule has 1 nitrogen and oxygen atoms in total. The SMILES string of the molecule is CCC1([C@@H]2C[C@H]3CC[C@]2(C)C3(C)C)CCCCC1O. The van der Waals surface area contributed by atoms with E-state index < -0.39 is 0 Å². The summed E-state index contributed by atoms with van der Waals surface area (Å²) in [6.45, 7) is 9.88. The van der Waals surface area contributed by atoms with Crippen molar-refractivity contribution < 1.29 is 5.11 Å². The summed E-state index contributed by atoms with van der Waals surface area (Å²) in [4.78, 5) is 0. The Morgan fingerprint density at radius 3 is 2.26 bits per heavy atom. The molecule has 3 fully saturated rings. The first-order valence-corrected chi connectivity index (χ1v) is 8.56. The molecule has 5 atom stereocenters. The highest BCUT2D eigenvalue weighted by Gasteiger charge is 2.66. The summed E-state index contributed by atoms with van der Waals surface area (Å²) >= 11 is 0. The Bertz CT molecular complexity index is 361. The molecule has 3 aliphatic carbocycles. The molecule has 19 heavy (non-hydrogen) atoms. The fourth-order valence-electron chi connectivity index (χ4n) is 6.38. The van der Waals surface area contributed by atoms with Gasteiger partial charge in [-0.1, -0.05) is 40.5 Å². The number of aliphatic hydroxyl groups excluding tert-OH is 1. The van der Waals surface area contributed by atoms with Crippen LogP contribution in [-0.2, 0) is 0 Å². The quantitative estimate of drug-likeness (QED) is 0.761. The van der Waals surface area contributed by atoms with Gasteiger partial charge in [0.1, 0.15) is 0 Å². The molecule has 110 valence electrons. The maximum atomic E-state index is 10.8. The molecule has 0 spiro atoms. The molecule has 3 aliphatic rings. The van der Waals surface area contributed by atoms with E-state index in [1.54, 1.807) is 0 Å². The van der Waals surface area contributed by atoms with Gasteiger partial charge in [0, 0.05) is 0 Å². The minimum atomic E-state index is -0.0387. The van der Waals surface area contributed by atoms with Gasteiger partial charge >= 0.3 is 0 Å². The highest BCUT2D eigenvalue weighted by molar-refractivity contribution is 5.15. The van der Waals surface area contributed by atoms with E-state index in [0.717, 1.165) is 18.3 Å². The van der Waals surface area contributed by atoms with Gasteiger partial charge in [0.15, 0.2) is 0 Å².